The van der Waals surface area contributed by atoms with E-state index in [1.807, 2.05) is 24.3 Å². The van der Waals surface area contributed by atoms with Crippen molar-refractivity contribution < 1.29 is 22.4 Å². The number of fused-ring (bicyclic) bond motifs is 1. The first kappa shape index (κ1) is 29.1. The normalized spacial score (nSPS) is 17.2. The van der Waals surface area contributed by atoms with E-state index in [0.717, 1.165) is 57.8 Å². The highest BCUT2D eigenvalue weighted by Gasteiger charge is 2.36. The lowest BCUT2D eigenvalue weighted by molar-refractivity contribution is -0.128. The Labute approximate surface area is 250 Å². The summed E-state index contributed by atoms with van der Waals surface area (Å²) >= 11 is 0. The topological polar surface area (TPSA) is 139 Å². The molecule has 43 heavy (non-hydrogen) atoms. The summed E-state index contributed by atoms with van der Waals surface area (Å²) in [7, 11) is -3.74. The monoisotopic (exact) mass is 604 g/mol. The Morgan fingerprint density at radius 2 is 1.60 bits per heavy atom. The summed E-state index contributed by atoms with van der Waals surface area (Å²) < 4.78 is 36.2. The molecule has 2 aromatic carbocycles. The summed E-state index contributed by atoms with van der Waals surface area (Å²) in [4.78, 5) is 29.6. The van der Waals surface area contributed by atoms with Crippen LogP contribution in [0.2, 0.25) is 0 Å². The van der Waals surface area contributed by atoms with E-state index < -0.39 is 22.0 Å². The van der Waals surface area contributed by atoms with Crippen LogP contribution in [0.15, 0.2) is 76.2 Å². The molecule has 226 valence electrons. The highest BCUT2D eigenvalue weighted by molar-refractivity contribution is 7.89. The minimum Gasteiger partial charge on any atom is -0.467 e. The van der Waals surface area contributed by atoms with Crippen molar-refractivity contribution in [3.8, 4) is 0 Å². The first-order valence-corrected chi connectivity index (χ1v) is 16.4. The fourth-order valence-electron chi connectivity index (χ4n) is 6.14. The first-order chi connectivity index (χ1) is 20.9. The molecule has 2 aliphatic carbocycles. The van der Waals surface area contributed by atoms with Gasteiger partial charge in [-0.15, -0.1) is 5.10 Å². The van der Waals surface area contributed by atoms with Crippen molar-refractivity contribution in [2.45, 2.75) is 87.4 Å². The Hall–Kier alpha value is -4.03. The number of para-hydroxylation sites is 1. The number of amides is 2. The molecule has 0 radical (unpaired) electrons. The third-order valence-electron chi connectivity index (χ3n) is 8.35. The lowest BCUT2D eigenvalue weighted by Gasteiger charge is -2.32. The van der Waals surface area contributed by atoms with Crippen LogP contribution in [0.25, 0.3) is 11.0 Å². The number of aromatic nitrogens is 3. The van der Waals surface area contributed by atoms with Gasteiger partial charge in [-0.3, -0.25) is 14.5 Å². The standard InChI is InChI=1S/C31H36N6O5S/c38-29(21-36-27-14-7-6-13-26(27)33-35-36)37(24-16-18-25(19-17-24)43(40,41)34-23-11-4-5-12-23)30(28-15-8-20-42-28)31(39)32-22-9-2-1-3-10-22/h6-8,13-20,22-23,30,34H,1-5,9-12,21H2,(H,32,39)/t30-/m0/s1. The SMILES string of the molecule is O=C(NC1CCCCC1)[C@H](c1ccco1)N(C(=O)Cn1nnc2ccccc21)c1ccc(S(=O)(=O)NC2CCCC2)cc1. The van der Waals surface area contributed by atoms with Gasteiger partial charge in [0.05, 0.1) is 16.7 Å². The maximum atomic E-state index is 14.2. The summed E-state index contributed by atoms with van der Waals surface area (Å²) in [5.74, 6) is -0.501. The molecule has 2 aliphatic rings. The molecule has 0 saturated heterocycles. The molecule has 2 aromatic heterocycles. The van der Waals surface area contributed by atoms with Gasteiger partial charge in [-0.2, -0.15) is 0 Å². The number of carbonyl (C=O) groups excluding carboxylic acids is 2. The predicted octanol–water partition coefficient (Wildman–Crippen LogP) is 4.47. The third-order valence-corrected chi connectivity index (χ3v) is 9.88. The van der Waals surface area contributed by atoms with Crippen LogP contribution in [-0.2, 0) is 26.2 Å². The van der Waals surface area contributed by atoms with Crippen molar-refractivity contribution in [3.05, 3.63) is 72.7 Å². The molecular formula is C31H36N6O5S. The van der Waals surface area contributed by atoms with E-state index in [0.29, 0.717) is 22.5 Å². The Morgan fingerprint density at radius 3 is 2.33 bits per heavy atom. The summed E-state index contributed by atoms with van der Waals surface area (Å²) in [6.07, 6.45) is 10.0. The molecule has 0 bridgehead atoms. The zero-order valence-corrected chi connectivity index (χ0v) is 24.7. The van der Waals surface area contributed by atoms with E-state index in [2.05, 4.69) is 20.4 Å². The molecule has 4 aromatic rings. The number of nitrogens with one attached hydrogen (secondary N) is 2. The van der Waals surface area contributed by atoms with Gasteiger partial charge in [0.15, 0.2) is 6.04 Å². The van der Waals surface area contributed by atoms with E-state index in [4.69, 9.17) is 4.42 Å². The fraction of sp³-hybridized carbons (Fsp3) is 0.419. The molecule has 2 saturated carbocycles. The molecule has 12 heteroatoms. The van der Waals surface area contributed by atoms with Crippen molar-refractivity contribution in [2.24, 2.45) is 0 Å². The van der Waals surface area contributed by atoms with Crippen molar-refractivity contribution >= 4 is 38.6 Å². The molecule has 2 fully saturated rings. The minimum atomic E-state index is -3.74. The number of hydrogen-bond donors (Lipinski definition) is 2. The van der Waals surface area contributed by atoms with Crippen molar-refractivity contribution in [2.75, 3.05) is 4.90 Å². The third kappa shape index (κ3) is 6.50. The van der Waals surface area contributed by atoms with Crippen LogP contribution in [-0.4, -0.2) is 47.3 Å². The van der Waals surface area contributed by atoms with E-state index in [9.17, 15) is 18.0 Å². The average molecular weight is 605 g/mol. The Bertz CT molecular complexity index is 1660. The summed E-state index contributed by atoms with van der Waals surface area (Å²) in [6.45, 7) is -0.197. The maximum absolute atomic E-state index is 14.2. The second kappa shape index (κ2) is 12.7. The lowest BCUT2D eigenvalue weighted by atomic mass is 9.95. The van der Waals surface area contributed by atoms with Gasteiger partial charge in [0.25, 0.3) is 5.91 Å². The zero-order valence-electron chi connectivity index (χ0n) is 23.9. The van der Waals surface area contributed by atoms with Crippen LogP contribution in [0.1, 0.15) is 69.6 Å². The van der Waals surface area contributed by atoms with Crippen LogP contribution in [0, 0.1) is 0 Å². The molecule has 11 nitrogen and oxygen atoms in total. The molecule has 2 amide bonds. The average Bonchev–Trinajstić information content (AvgIpc) is 3.80. The molecule has 6 rings (SSSR count). The molecule has 0 aliphatic heterocycles. The molecule has 0 unspecified atom stereocenters. The summed E-state index contributed by atoms with van der Waals surface area (Å²) in [5.41, 5.74) is 1.68. The maximum Gasteiger partial charge on any atom is 0.251 e. The van der Waals surface area contributed by atoms with E-state index >= 15 is 0 Å². The molecule has 0 spiro atoms. The Balaban J connectivity index is 1.35. The van der Waals surface area contributed by atoms with Gasteiger partial charge < -0.3 is 9.73 Å². The fourth-order valence-corrected chi connectivity index (χ4v) is 7.45. The number of rotatable bonds is 10. The number of benzene rings is 2. The molecule has 2 N–H and O–H groups in total. The first-order valence-electron chi connectivity index (χ1n) is 15.0. The van der Waals surface area contributed by atoms with E-state index in [1.54, 1.807) is 24.3 Å². The van der Waals surface area contributed by atoms with Crippen molar-refractivity contribution in [1.29, 1.82) is 0 Å². The van der Waals surface area contributed by atoms with E-state index in [-0.39, 0.29) is 29.4 Å². The van der Waals surface area contributed by atoms with Crippen LogP contribution in [0.3, 0.4) is 0 Å². The summed E-state index contributed by atoms with van der Waals surface area (Å²) in [6, 6.07) is 15.5. The highest BCUT2D eigenvalue weighted by Crippen LogP contribution is 2.31. The molecule has 1 atom stereocenters. The largest absolute Gasteiger partial charge is 0.467 e. The van der Waals surface area contributed by atoms with Gasteiger partial charge in [-0.1, -0.05) is 49.5 Å². The van der Waals surface area contributed by atoms with Gasteiger partial charge in [-0.05, 0) is 74.2 Å². The Morgan fingerprint density at radius 1 is 0.907 bits per heavy atom. The van der Waals surface area contributed by atoms with Gasteiger partial charge >= 0.3 is 0 Å². The van der Waals surface area contributed by atoms with Gasteiger partial charge in [-0.25, -0.2) is 17.8 Å². The van der Waals surface area contributed by atoms with Gasteiger partial charge in [0, 0.05) is 17.8 Å². The number of nitrogens with zero attached hydrogens (tertiary/aromatic N) is 4. The van der Waals surface area contributed by atoms with Crippen molar-refractivity contribution in [3.63, 3.8) is 0 Å². The van der Waals surface area contributed by atoms with Gasteiger partial charge in [0.1, 0.15) is 17.8 Å². The number of carbonyl (C=O) groups is 2. The van der Waals surface area contributed by atoms with Gasteiger partial charge in [0.2, 0.25) is 15.9 Å². The van der Waals surface area contributed by atoms with E-state index in [1.165, 1.54) is 28.0 Å². The second-order valence-electron chi connectivity index (χ2n) is 11.4. The molecule has 2 heterocycles. The predicted molar refractivity (Wildman–Crippen MR) is 160 cm³/mol. The van der Waals surface area contributed by atoms with Crippen LogP contribution < -0.4 is 14.9 Å². The quantitative estimate of drug-likeness (QED) is 0.272. The summed E-state index contributed by atoms with van der Waals surface area (Å²) in [5, 5.41) is 11.5. The highest BCUT2D eigenvalue weighted by atomic mass is 32.2. The number of anilines is 1. The lowest BCUT2D eigenvalue weighted by Crippen LogP contribution is -2.48. The number of sulfonamides is 1. The van der Waals surface area contributed by atoms with Crippen molar-refractivity contribution in [1.82, 2.24) is 25.0 Å². The number of hydrogen-bond acceptors (Lipinski definition) is 7. The molecular weight excluding hydrogens is 568 g/mol. The smallest absolute Gasteiger partial charge is 0.251 e. The van der Waals surface area contributed by atoms with Crippen LogP contribution in [0.4, 0.5) is 5.69 Å². The zero-order chi connectivity index (χ0) is 29.8. The van der Waals surface area contributed by atoms with Crippen LogP contribution >= 0.6 is 0 Å². The Kier molecular flexibility index (Phi) is 8.57. The second-order valence-corrected chi connectivity index (χ2v) is 13.1. The number of furan rings is 1. The van der Waals surface area contributed by atoms with Crippen LogP contribution in [0.5, 0.6) is 0 Å². The minimum absolute atomic E-state index is 0.00380.